The van der Waals surface area contributed by atoms with Crippen LogP contribution in [0.15, 0.2) is 16.7 Å². The van der Waals surface area contributed by atoms with E-state index in [9.17, 15) is 4.79 Å². The summed E-state index contributed by atoms with van der Waals surface area (Å²) in [4.78, 5) is 12.2. The van der Waals surface area contributed by atoms with Crippen LogP contribution in [0.25, 0.3) is 11.0 Å². The molecule has 1 aliphatic rings. The molecule has 1 aromatic heterocycles. The highest BCUT2D eigenvalue weighted by Gasteiger charge is 2.28. The highest BCUT2D eigenvalue weighted by Crippen LogP contribution is 2.30. The Morgan fingerprint density at radius 3 is 2.71 bits per heavy atom. The third-order valence-corrected chi connectivity index (χ3v) is 4.65. The van der Waals surface area contributed by atoms with E-state index >= 15 is 0 Å². The molecule has 1 aromatic carbocycles. The first-order valence-corrected chi connectivity index (χ1v) is 7.49. The molecule has 3 rings (SSSR count). The molecule has 0 aliphatic heterocycles. The number of carbonyl (C=O) groups excluding carboxylic acids is 1. The smallest absolute Gasteiger partial charge is 0.224 e. The number of nitrogens with one attached hydrogen (secondary N) is 1. The van der Waals surface area contributed by atoms with Crippen LogP contribution in [0, 0.1) is 20.8 Å². The summed E-state index contributed by atoms with van der Waals surface area (Å²) >= 11 is 0. The quantitative estimate of drug-likeness (QED) is 0.911. The lowest BCUT2D eigenvalue weighted by atomic mass is 9.87. The SMILES string of the molecule is Cc1cc(C)c2c(CC(=O)N[C@H]3CC[C@H]3N)coc2c1C. The Morgan fingerprint density at radius 1 is 1.33 bits per heavy atom. The molecule has 3 N–H and O–H groups in total. The maximum Gasteiger partial charge on any atom is 0.224 e. The first kappa shape index (κ1) is 14.1. The summed E-state index contributed by atoms with van der Waals surface area (Å²) in [6.07, 6.45) is 4.04. The largest absolute Gasteiger partial charge is 0.464 e. The molecule has 0 unspecified atom stereocenters. The van der Waals surface area contributed by atoms with Crippen molar-refractivity contribution in [2.45, 2.75) is 52.1 Å². The maximum absolute atomic E-state index is 12.2. The predicted octanol–water partition coefficient (Wildman–Crippen LogP) is 2.51. The van der Waals surface area contributed by atoms with E-state index in [1.165, 1.54) is 5.56 Å². The van der Waals surface area contributed by atoms with E-state index in [-0.39, 0.29) is 18.0 Å². The van der Waals surface area contributed by atoms with Crippen molar-refractivity contribution in [1.82, 2.24) is 5.32 Å². The average Bonchev–Trinajstić information content (AvgIpc) is 2.85. The first-order chi connectivity index (χ1) is 9.97. The summed E-state index contributed by atoms with van der Waals surface area (Å²) in [5, 5.41) is 4.08. The third kappa shape index (κ3) is 2.44. The summed E-state index contributed by atoms with van der Waals surface area (Å²) in [5.41, 5.74) is 11.2. The van der Waals surface area contributed by atoms with Gasteiger partial charge in [-0.15, -0.1) is 0 Å². The van der Waals surface area contributed by atoms with Crippen LogP contribution in [0.1, 0.15) is 35.1 Å². The van der Waals surface area contributed by atoms with Gasteiger partial charge in [0.15, 0.2) is 0 Å². The second-order valence-electron chi connectivity index (χ2n) is 6.19. The van der Waals surface area contributed by atoms with Gasteiger partial charge < -0.3 is 15.5 Å². The van der Waals surface area contributed by atoms with Crippen LogP contribution in [0.2, 0.25) is 0 Å². The van der Waals surface area contributed by atoms with E-state index < -0.39 is 0 Å². The second-order valence-corrected chi connectivity index (χ2v) is 6.19. The molecule has 21 heavy (non-hydrogen) atoms. The second kappa shape index (κ2) is 5.19. The number of aryl methyl sites for hydroxylation is 3. The summed E-state index contributed by atoms with van der Waals surface area (Å²) in [6, 6.07) is 2.40. The van der Waals surface area contributed by atoms with Crippen molar-refractivity contribution < 1.29 is 9.21 Å². The summed E-state index contributed by atoms with van der Waals surface area (Å²) in [6.45, 7) is 6.19. The standard InChI is InChI=1S/C17H22N2O2/c1-9-6-10(2)16-12(8-21-17(16)11(9)3)7-15(20)19-14-5-4-13(14)18/h6,8,13-14H,4-5,7,18H2,1-3H3,(H,19,20)/t13-,14+/m1/s1. The molecule has 0 spiro atoms. The molecule has 0 bridgehead atoms. The van der Waals surface area contributed by atoms with Gasteiger partial charge in [0.2, 0.25) is 5.91 Å². The lowest BCUT2D eigenvalue weighted by molar-refractivity contribution is -0.121. The van der Waals surface area contributed by atoms with Crippen molar-refractivity contribution in [3.05, 3.63) is 34.6 Å². The highest BCUT2D eigenvalue weighted by atomic mass is 16.3. The zero-order valence-electron chi connectivity index (χ0n) is 12.8. The molecule has 2 atom stereocenters. The van der Waals surface area contributed by atoms with Crippen molar-refractivity contribution in [3.63, 3.8) is 0 Å². The molecule has 1 amide bonds. The number of fused-ring (bicyclic) bond motifs is 1. The molecule has 0 radical (unpaired) electrons. The van der Waals surface area contributed by atoms with Gasteiger partial charge in [0.1, 0.15) is 5.58 Å². The van der Waals surface area contributed by atoms with Gasteiger partial charge in [-0.05, 0) is 50.3 Å². The molecule has 2 aromatic rings. The van der Waals surface area contributed by atoms with Gasteiger partial charge in [0.25, 0.3) is 0 Å². The van der Waals surface area contributed by atoms with Crippen LogP contribution in [-0.4, -0.2) is 18.0 Å². The summed E-state index contributed by atoms with van der Waals surface area (Å²) in [5.74, 6) is 0.0236. The van der Waals surface area contributed by atoms with E-state index in [2.05, 4.69) is 32.2 Å². The Hall–Kier alpha value is -1.81. The van der Waals surface area contributed by atoms with Crippen molar-refractivity contribution in [2.75, 3.05) is 0 Å². The zero-order chi connectivity index (χ0) is 15.1. The lowest BCUT2D eigenvalue weighted by Crippen LogP contribution is -2.54. The Balaban J connectivity index is 1.84. The van der Waals surface area contributed by atoms with Crippen molar-refractivity contribution >= 4 is 16.9 Å². The highest BCUT2D eigenvalue weighted by molar-refractivity contribution is 5.92. The average molecular weight is 286 g/mol. The molecule has 4 nitrogen and oxygen atoms in total. The lowest BCUT2D eigenvalue weighted by Gasteiger charge is -2.34. The van der Waals surface area contributed by atoms with E-state index in [4.69, 9.17) is 10.2 Å². The zero-order valence-corrected chi connectivity index (χ0v) is 12.8. The third-order valence-electron chi connectivity index (χ3n) is 4.65. The minimum atomic E-state index is 0.0236. The molecule has 1 fully saturated rings. The number of amides is 1. The first-order valence-electron chi connectivity index (χ1n) is 7.49. The number of nitrogens with two attached hydrogens (primary N) is 1. The van der Waals surface area contributed by atoms with Gasteiger partial charge in [0.05, 0.1) is 12.7 Å². The summed E-state index contributed by atoms with van der Waals surface area (Å²) < 4.78 is 5.70. The normalized spacial score (nSPS) is 21.3. The van der Waals surface area contributed by atoms with E-state index in [1.807, 2.05) is 0 Å². The van der Waals surface area contributed by atoms with Gasteiger partial charge in [-0.25, -0.2) is 0 Å². The van der Waals surface area contributed by atoms with Crippen molar-refractivity contribution in [2.24, 2.45) is 5.73 Å². The fourth-order valence-electron chi connectivity index (χ4n) is 3.05. The Morgan fingerprint density at radius 2 is 2.10 bits per heavy atom. The van der Waals surface area contributed by atoms with Gasteiger partial charge >= 0.3 is 0 Å². The van der Waals surface area contributed by atoms with Gasteiger partial charge in [-0.2, -0.15) is 0 Å². The number of rotatable bonds is 3. The Bertz CT molecular complexity index is 702. The van der Waals surface area contributed by atoms with E-state index in [0.29, 0.717) is 6.42 Å². The minimum absolute atomic E-state index is 0.0236. The number of carbonyl (C=O) groups is 1. The number of hydrogen-bond donors (Lipinski definition) is 2. The van der Waals surface area contributed by atoms with E-state index in [1.54, 1.807) is 6.26 Å². The van der Waals surface area contributed by atoms with Crippen LogP contribution >= 0.6 is 0 Å². The summed E-state index contributed by atoms with van der Waals surface area (Å²) in [7, 11) is 0. The molecule has 4 heteroatoms. The predicted molar refractivity (Wildman–Crippen MR) is 83.3 cm³/mol. The molecule has 1 aliphatic carbocycles. The van der Waals surface area contributed by atoms with Crippen LogP contribution in [0.5, 0.6) is 0 Å². The topological polar surface area (TPSA) is 68.3 Å². The maximum atomic E-state index is 12.2. The van der Waals surface area contributed by atoms with Gasteiger partial charge in [-0.3, -0.25) is 4.79 Å². The van der Waals surface area contributed by atoms with Crippen LogP contribution < -0.4 is 11.1 Å². The van der Waals surface area contributed by atoms with Crippen LogP contribution in [0.4, 0.5) is 0 Å². The van der Waals surface area contributed by atoms with Crippen molar-refractivity contribution in [3.8, 4) is 0 Å². The fourth-order valence-corrected chi connectivity index (χ4v) is 3.05. The monoisotopic (exact) mass is 286 g/mol. The molecular weight excluding hydrogens is 264 g/mol. The van der Waals surface area contributed by atoms with Gasteiger partial charge in [-0.1, -0.05) is 6.07 Å². The van der Waals surface area contributed by atoms with Crippen LogP contribution in [-0.2, 0) is 11.2 Å². The van der Waals surface area contributed by atoms with Crippen molar-refractivity contribution in [1.29, 1.82) is 0 Å². The number of hydrogen-bond acceptors (Lipinski definition) is 3. The molecular formula is C17H22N2O2. The number of benzene rings is 1. The molecule has 112 valence electrons. The van der Waals surface area contributed by atoms with Crippen LogP contribution in [0.3, 0.4) is 0 Å². The Kier molecular flexibility index (Phi) is 3.49. The molecule has 1 heterocycles. The Labute approximate surface area is 124 Å². The van der Waals surface area contributed by atoms with E-state index in [0.717, 1.165) is 40.5 Å². The fraction of sp³-hybridized carbons (Fsp3) is 0.471. The molecule has 1 saturated carbocycles. The minimum Gasteiger partial charge on any atom is -0.464 e. The van der Waals surface area contributed by atoms with Gasteiger partial charge in [0, 0.05) is 23.0 Å². The number of furan rings is 1. The molecule has 0 saturated heterocycles.